The lowest BCUT2D eigenvalue weighted by Crippen LogP contribution is -2.58. The molecule has 0 radical (unpaired) electrons. The minimum atomic E-state index is -3.67. The van der Waals surface area contributed by atoms with E-state index in [1.165, 1.54) is 6.92 Å². The molecule has 4 atom stereocenters. The first-order valence-electron chi connectivity index (χ1n) is 14.6. The van der Waals surface area contributed by atoms with Crippen LogP contribution in [0.15, 0.2) is 42.5 Å². The van der Waals surface area contributed by atoms with Gasteiger partial charge in [-0.25, -0.2) is 8.42 Å². The number of hydrogen-bond acceptors (Lipinski definition) is 8. The summed E-state index contributed by atoms with van der Waals surface area (Å²) in [7, 11) is -3.67. The molecule has 0 aromatic heterocycles. The first kappa shape index (κ1) is 36.9. The minimum absolute atomic E-state index is 0.0200. The van der Waals surface area contributed by atoms with Crippen LogP contribution in [0.2, 0.25) is 0 Å². The third-order valence-corrected chi connectivity index (χ3v) is 7.93. The Labute approximate surface area is 262 Å². The van der Waals surface area contributed by atoms with Crippen LogP contribution >= 0.6 is 0 Å². The molecular weight excluding hydrogens is 604 g/mol. The van der Waals surface area contributed by atoms with Crippen LogP contribution < -0.4 is 21.3 Å². The first-order chi connectivity index (χ1) is 21.0. The Balaban J connectivity index is 2.06. The fraction of sp³-hybridized carbons (Fsp3) is 0.484. The van der Waals surface area contributed by atoms with Crippen LogP contribution in [0.5, 0.6) is 0 Å². The highest BCUT2D eigenvalue weighted by molar-refractivity contribution is 7.90. The predicted molar refractivity (Wildman–Crippen MR) is 168 cm³/mol. The average Bonchev–Trinajstić information content (AvgIpc) is 2.93. The molecular formula is C31H42N4O9S. The zero-order chi connectivity index (χ0) is 33.9. The van der Waals surface area contributed by atoms with E-state index >= 15 is 0 Å². The van der Waals surface area contributed by atoms with Crippen molar-refractivity contribution in [2.75, 3.05) is 12.0 Å². The van der Waals surface area contributed by atoms with Gasteiger partial charge in [0.1, 0.15) is 28.0 Å². The van der Waals surface area contributed by atoms with E-state index in [2.05, 4.69) is 21.3 Å². The summed E-state index contributed by atoms with van der Waals surface area (Å²) in [4.78, 5) is 74.9. The van der Waals surface area contributed by atoms with Crippen molar-refractivity contribution in [1.82, 2.24) is 21.3 Å². The van der Waals surface area contributed by atoms with Gasteiger partial charge in [-0.3, -0.25) is 28.8 Å². The monoisotopic (exact) mass is 646 g/mol. The van der Waals surface area contributed by atoms with E-state index in [0.29, 0.717) is 12.8 Å². The van der Waals surface area contributed by atoms with Crippen LogP contribution in [-0.4, -0.2) is 85.1 Å². The van der Waals surface area contributed by atoms with Gasteiger partial charge < -0.3 is 26.4 Å². The van der Waals surface area contributed by atoms with Crippen molar-refractivity contribution >= 4 is 56.0 Å². The molecule has 0 aliphatic heterocycles. The van der Waals surface area contributed by atoms with Crippen LogP contribution in [0, 0.1) is 5.92 Å². The van der Waals surface area contributed by atoms with Gasteiger partial charge in [-0.15, -0.1) is 0 Å². The summed E-state index contributed by atoms with van der Waals surface area (Å²) in [6.07, 6.45) is 1.27. The minimum Gasteiger partial charge on any atom is -0.481 e. The number of hydrogen-bond donors (Lipinski definition) is 5. The van der Waals surface area contributed by atoms with Gasteiger partial charge in [-0.05, 0) is 42.0 Å². The van der Waals surface area contributed by atoms with E-state index < -0.39 is 87.5 Å². The fourth-order valence-corrected chi connectivity index (χ4v) is 5.58. The van der Waals surface area contributed by atoms with Crippen LogP contribution in [-0.2, 0) is 45.0 Å². The van der Waals surface area contributed by atoms with Crippen molar-refractivity contribution in [3.8, 4) is 0 Å². The summed E-state index contributed by atoms with van der Waals surface area (Å²) >= 11 is 0. The molecule has 0 spiro atoms. The maximum atomic E-state index is 13.2. The lowest BCUT2D eigenvalue weighted by atomic mass is 9.97. The Morgan fingerprint density at radius 3 is 2.04 bits per heavy atom. The van der Waals surface area contributed by atoms with E-state index in [1.807, 2.05) is 42.5 Å². The quantitative estimate of drug-likeness (QED) is 0.165. The third-order valence-electron chi connectivity index (χ3n) is 7.00. The van der Waals surface area contributed by atoms with E-state index in [9.17, 15) is 42.3 Å². The second kappa shape index (κ2) is 16.7. The standard InChI is InChI=1S/C31H42N4O9S/c1-18(2)28(35-29(40)19(3)32-30(41)25(33-20(4)36)17-45(5,43)44)31(42)34-24(16-27(38)39)26(37)15-9-13-22-12-8-11-21-10-6-7-14-23(21)22/h6-8,10-12,14,18-19,24-25,28H,9,13,15-17H2,1-5H3,(H,32,41)(H,33,36)(H,34,42)(H,35,40)(H,38,39)/t19-,24-,25-,28-/m0/s1. The summed E-state index contributed by atoms with van der Waals surface area (Å²) in [5, 5.41) is 21.1. The third kappa shape index (κ3) is 12.3. The van der Waals surface area contributed by atoms with Crippen molar-refractivity contribution in [2.45, 2.75) is 77.5 Å². The molecule has 2 rings (SSSR count). The Bertz CT molecular complexity index is 1520. The highest BCUT2D eigenvalue weighted by atomic mass is 32.2. The molecule has 0 heterocycles. The molecule has 0 bridgehead atoms. The van der Waals surface area contributed by atoms with E-state index in [-0.39, 0.29) is 6.42 Å². The number of Topliss-reactive ketones (excluding diaryl/α,β-unsaturated/α-hetero) is 1. The normalized spacial score (nSPS) is 14.1. The lowest BCUT2D eigenvalue weighted by molar-refractivity contribution is -0.141. The van der Waals surface area contributed by atoms with Crippen molar-refractivity contribution in [2.24, 2.45) is 5.92 Å². The van der Waals surface area contributed by atoms with Crippen molar-refractivity contribution < 1.29 is 42.3 Å². The average molecular weight is 647 g/mol. The number of fused-ring (bicyclic) bond motifs is 1. The van der Waals surface area contributed by atoms with E-state index in [0.717, 1.165) is 29.5 Å². The molecule has 45 heavy (non-hydrogen) atoms. The summed E-state index contributed by atoms with van der Waals surface area (Å²) in [6.45, 7) is 5.67. The predicted octanol–water partition coefficient (Wildman–Crippen LogP) is 0.886. The smallest absolute Gasteiger partial charge is 0.305 e. The number of carbonyl (C=O) groups is 6. The lowest BCUT2D eigenvalue weighted by Gasteiger charge is -2.26. The summed E-state index contributed by atoms with van der Waals surface area (Å²) in [5.74, 6) is -6.08. The number of amides is 4. The Morgan fingerprint density at radius 1 is 0.800 bits per heavy atom. The van der Waals surface area contributed by atoms with Gasteiger partial charge in [-0.2, -0.15) is 0 Å². The zero-order valence-electron chi connectivity index (χ0n) is 26.1. The second-order valence-electron chi connectivity index (χ2n) is 11.4. The van der Waals surface area contributed by atoms with Crippen molar-refractivity contribution in [3.63, 3.8) is 0 Å². The summed E-state index contributed by atoms with van der Waals surface area (Å²) in [5.41, 5.74) is 1.04. The maximum absolute atomic E-state index is 13.2. The maximum Gasteiger partial charge on any atom is 0.305 e. The highest BCUT2D eigenvalue weighted by Gasteiger charge is 2.32. The second-order valence-corrected chi connectivity index (χ2v) is 13.6. The van der Waals surface area contributed by atoms with Gasteiger partial charge >= 0.3 is 5.97 Å². The fourth-order valence-electron chi connectivity index (χ4n) is 4.74. The van der Waals surface area contributed by atoms with Crippen molar-refractivity contribution in [1.29, 1.82) is 0 Å². The van der Waals surface area contributed by atoms with Crippen molar-refractivity contribution in [3.05, 3.63) is 48.0 Å². The van der Waals surface area contributed by atoms with Gasteiger partial charge in [0.05, 0.1) is 18.2 Å². The first-order valence-corrected chi connectivity index (χ1v) is 16.6. The van der Waals surface area contributed by atoms with Crippen LogP contribution in [0.1, 0.15) is 52.5 Å². The summed E-state index contributed by atoms with van der Waals surface area (Å²) in [6, 6.07) is 8.51. The Hall–Kier alpha value is -4.33. The van der Waals surface area contributed by atoms with Gasteiger partial charge in [0.15, 0.2) is 5.78 Å². The zero-order valence-corrected chi connectivity index (χ0v) is 26.9. The van der Waals surface area contributed by atoms with Gasteiger partial charge in [0, 0.05) is 19.6 Å². The molecule has 2 aromatic carbocycles. The number of sulfone groups is 1. The molecule has 0 aliphatic carbocycles. The molecule has 0 aliphatic rings. The number of aryl methyl sites for hydroxylation is 1. The molecule has 0 saturated carbocycles. The number of rotatable bonds is 17. The number of ketones is 1. The molecule has 4 amide bonds. The molecule has 0 fully saturated rings. The molecule has 14 heteroatoms. The molecule has 0 saturated heterocycles. The Morgan fingerprint density at radius 2 is 1.44 bits per heavy atom. The molecule has 0 unspecified atom stereocenters. The number of aliphatic carboxylic acids is 1. The number of carboxylic acids is 1. The highest BCUT2D eigenvalue weighted by Crippen LogP contribution is 2.20. The van der Waals surface area contributed by atoms with Gasteiger partial charge in [0.25, 0.3) is 0 Å². The van der Waals surface area contributed by atoms with E-state index in [4.69, 9.17) is 0 Å². The van der Waals surface area contributed by atoms with Crippen LogP contribution in [0.25, 0.3) is 10.8 Å². The topological polar surface area (TPSA) is 205 Å². The molecule has 246 valence electrons. The van der Waals surface area contributed by atoms with Gasteiger partial charge in [0.2, 0.25) is 23.6 Å². The number of carbonyl (C=O) groups excluding carboxylic acids is 5. The molecule has 2 aromatic rings. The number of carboxylic acid groups (broad SMARTS) is 1. The number of benzene rings is 2. The number of nitrogens with one attached hydrogen (secondary N) is 4. The Kier molecular flexibility index (Phi) is 13.6. The SMILES string of the molecule is CC(=O)N[C@@H](CS(C)(=O)=O)C(=O)N[C@@H](C)C(=O)N[C@H](C(=O)N[C@@H](CC(=O)O)C(=O)CCCc1cccc2ccccc12)C(C)C. The van der Waals surface area contributed by atoms with E-state index in [1.54, 1.807) is 13.8 Å². The molecule has 5 N–H and O–H groups in total. The largest absolute Gasteiger partial charge is 0.481 e. The van der Waals surface area contributed by atoms with Gasteiger partial charge in [-0.1, -0.05) is 56.3 Å². The van der Waals surface area contributed by atoms with Crippen LogP contribution in [0.3, 0.4) is 0 Å². The van der Waals surface area contributed by atoms with Crippen LogP contribution in [0.4, 0.5) is 0 Å². The summed E-state index contributed by atoms with van der Waals surface area (Å²) < 4.78 is 23.4. The molecule has 13 nitrogen and oxygen atoms in total.